The lowest BCUT2D eigenvalue weighted by atomic mass is 10.0. The number of aliphatic imine (C=N–C) groups is 1. The standard InChI is InChI=1S/C22H26F4N4O/c1-27-21(28-13-15-5-6-20(31)19(23)12-15)29-18-7-9-30(10-8-18)14-16-3-2-4-17(11-16)22(24,25)26/h2-6,11-12,18,31H,7-10,13-14H2,1H3,(H2,27,28,29). The summed E-state index contributed by atoms with van der Waals surface area (Å²) in [6.45, 7) is 2.35. The fraction of sp³-hybridized carbons (Fsp3) is 0.409. The van der Waals surface area contributed by atoms with Gasteiger partial charge in [-0.2, -0.15) is 13.2 Å². The number of nitrogens with one attached hydrogen (secondary N) is 2. The van der Waals surface area contributed by atoms with Crippen LogP contribution in [-0.4, -0.2) is 42.1 Å². The summed E-state index contributed by atoms with van der Waals surface area (Å²) in [6, 6.07) is 9.85. The number of likely N-dealkylation sites (tertiary alicyclic amines) is 1. The van der Waals surface area contributed by atoms with Crippen LogP contribution in [0.2, 0.25) is 0 Å². The van der Waals surface area contributed by atoms with Crippen molar-refractivity contribution < 1.29 is 22.7 Å². The predicted molar refractivity (Wildman–Crippen MR) is 111 cm³/mol. The summed E-state index contributed by atoms with van der Waals surface area (Å²) in [4.78, 5) is 6.33. The molecule has 0 unspecified atom stereocenters. The highest BCUT2D eigenvalue weighted by molar-refractivity contribution is 5.79. The third kappa shape index (κ3) is 6.58. The molecule has 0 radical (unpaired) electrons. The van der Waals surface area contributed by atoms with E-state index in [1.807, 2.05) is 0 Å². The average Bonchev–Trinajstić information content (AvgIpc) is 2.74. The maximum Gasteiger partial charge on any atom is 0.416 e. The Labute approximate surface area is 178 Å². The van der Waals surface area contributed by atoms with E-state index in [-0.39, 0.29) is 11.8 Å². The second-order valence-corrected chi connectivity index (χ2v) is 7.60. The summed E-state index contributed by atoms with van der Waals surface area (Å²) >= 11 is 0. The van der Waals surface area contributed by atoms with Crippen molar-refractivity contribution in [2.45, 2.75) is 38.1 Å². The summed E-state index contributed by atoms with van der Waals surface area (Å²) in [6.07, 6.45) is -2.68. The summed E-state index contributed by atoms with van der Waals surface area (Å²) in [5.74, 6) is -0.469. The van der Waals surface area contributed by atoms with Crippen molar-refractivity contribution >= 4 is 5.96 Å². The van der Waals surface area contributed by atoms with Gasteiger partial charge >= 0.3 is 6.18 Å². The van der Waals surface area contributed by atoms with Gasteiger partial charge in [0.05, 0.1) is 5.56 Å². The second kappa shape index (κ2) is 10.00. The van der Waals surface area contributed by atoms with Gasteiger partial charge in [-0.3, -0.25) is 9.89 Å². The number of halogens is 4. The van der Waals surface area contributed by atoms with E-state index in [2.05, 4.69) is 20.5 Å². The molecule has 1 heterocycles. The second-order valence-electron chi connectivity index (χ2n) is 7.60. The number of phenols is 1. The number of alkyl halides is 3. The van der Waals surface area contributed by atoms with Crippen molar-refractivity contribution in [3.63, 3.8) is 0 Å². The van der Waals surface area contributed by atoms with Crippen molar-refractivity contribution in [3.8, 4) is 5.75 Å². The zero-order chi connectivity index (χ0) is 22.4. The van der Waals surface area contributed by atoms with Gasteiger partial charge in [0, 0.05) is 39.3 Å². The number of aromatic hydroxyl groups is 1. The van der Waals surface area contributed by atoms with E-state index >= 15 is 0 Å². The minimum atomic E-state index is -4.33. The number of piperidine rings is 1. The van der Waals surface area contributed by atoms with Crippen LogP contribution < -0.4 is 10.6 Å². The molecular formula is C22H26F4N4O. The molecule has 31 heavy (non-hydrogen) atoms. The van der Waals surface area contributed by atoms with Crippen LogP contribution in [0.15, 0.2) is 47.5 Å². The molecule has 0 aromatic heterocycles. The normalized spacial score (nSPS) is 16.4. The van der Waals surface area contributed by atoms with Crippen molar-refractivity contribution in [2.24, 2.45) is 4.99 Å². The lowest BCUT2D eigenvalue weighted by Crippen LogP contribution is -2.48. The first-order valence-corrected chi connectivity index (χ1v) is 10.1. The Morgan fingerprint density at radius 3 is 2.52 bits per heavy atom. The van der Waals surface area contributed by atoms with Crippen LogP contribution in [0, 0.1) is 5.82 Å². The molecule has 0 spiro atoms. The molecule has 168 valence electrons. The van der Waals surface area contributed by atoms with E-state index < -0.39 is 17.6 Å². The minimum absolute atomic E-state index is 0.181. The van der Waals surface area contributed by atoms with Crippen molar-refractivity contribution in [1.29, 1.82) is 0 Å². The molecule has 1 fully saturated rings. The maximum atomic E-state index is 13.4. The zero-order valence-corrected chi connectivity index (χ0v) is 17.2. The van der Waals surface area contributed by atoms with E-state index in [1.165, 1.54) is 24.3 Å². The molecule has 5 nitrogen and oxygen atoms in total. The molecule has 0 saturated carbocycles. The summed E-state index contributed by atoms with van der Waals surface area (Å²) in [5, 5.41) is 15.7. The van der Waals surface area contributed by atoms with Crippen molar-refractivity contribution in [1.82, 2.24) is 15.5 Å². The van der Waals surface area contributed by atoms with E-state index in [0.29, 0.717) is 30.2 Å². The van der Waals surface area contributed by atoms with Gasteiger partial charge in [0.25, 0.3) is 0 Å². The van der Waals surface area contributed by atoms with E-state index in [9.17, 15) is 22.7 Å². The van der Waals surface area contributed by atoms with Gasteiger partial charge in [0.15, 0.2) is 17.5 Å². The lowest BCUT2D eigenvalue weighted by molar-refractivity contribution is -0.137. The largest absolute Gasteiger partial charge is 0.505 e. The van der Waals surface area contributed by atoms with E-state index in [4.69, 9.17) is 0 Å². The number of hydrogen-bond donors (Lipinski definition) is 3. The van der Waals surface area contributed by atoms with E-state index in [0.717, 1.165) is 32.0 Å². The Bertz CT molecular complexity index is 909. The van der Waals surface area contributed by atoms with Crippen LogP contribution in [0.1, 0.15) is 29.5 Å². The minimum Gasteiger partial charge on any atom is -0.505 e. The third-order valence-electron chi connectivity index (χ3n) is 5.28. The Balaban J connectivity index is 1.46. The quantitative estimate of drug-likeness (QED) is 0.377. The molecular weight excluding hydrogens is 412 g/mol. The van der Waals surface area contributed by atoms with Gasteiger partial charge in [-0.25, -0.2) is 4.39 Å². The van der Waals surface area contributed by atoms with Crippen LogP contribution in [-0.2, 0) is 19.3 Å². The molecule has 1 aliphatic heterocycles. The Morgan fingerprint density at radius 1 is 1.13 bits per heavy atom. The first-order valence-electron chi connectivity index (χ1n) is 10.1. The number of rotatable bonds is 5. The van der Waals surface area contributed by atoms with Gasteiger partial charge in [-0.05, 0) is 42.2 Å². The molecule has 1 aliphatic rings. The molecule has 3 rings (SSSR count). The fourth-order valence-corrected chi connectivity index (χ4v) is 3.57. The molecule has 0 atom stereocenters. The highest BCUT2D eigenvalue weighted by atomic mass is 19.4. The molecule has 2 aromatic rings. The van der Waals surface area contributed by atoms with Gasteiger partial charge in [-0.15, -0.1) is 0 Å². The zero-order valence-electron chi connectivity index (χ0n) is 17.2. The van der Waals surface area contributed by atoms with Crippen LogP contribution in [0.5, 0.6) is 5.75 Å². The maximum absolute atomic E-state index is 13.4. The third-order valence-corrected chi connectivity index (χ3v) is 5.28. The van der Waals surface area contributed by atoms with Crippen LogP contribution >= 0.6 is 0 Å². The smallest absolute Gasteiger partial charge is 0.416 e. The molecule has 3 N–H and O–H groups in total. The molecule has 9 heteroatoms. The molecule has 1 saturated heterocycles. The summed E-state index contributed by atoms with van der Waals surface area (Å²) in [7, 11) is 1.65. The van der Waals surface area contributed by atoms with Crippen LogP contribution in [0.25, 0.3) is 0 Å². The summed E-state index contributed by atoms with van der Waals surface area (Å²) < 4.78 is 52.1. The number of hydrogen-bond acceptors (Lipinski definition) is 3. The highest BCUT2D eigenvalue weighted by Crippen LogP contribution is 2.30. The SMILES string of the molecule is CN=C(NCc1ccc(O)c(F)c1)NC1CCN(Cc2cccc(C(F)(F)F)c2)CC1. The monoisotopic (exact) mass is 438 g/mol. The van der Waals surface area contributed by atoms with E-state index in [1.54, 1.807) is 19.2 Å². The number of benzene rings is 2. The Kier molecular flexibility index (Phi) is 7.37. The van der Waals surface area contributed by atoms with Gasteiger partial charge < -0.3 is 15.7 Å². The first kappa shape index (κ1) is 22.9. The molecule has 0 bridgehead atoms. The molecule has 2 aromatic carbocycles. The van der Waals surface area contributed by atoms with Gasteiger partial charge in [0.2, 0.25) is 0 Å². The number of nitrogens with zero attached hydrogens (tertiary/aromatic N) is 2. The Hall–Kier alpha value is -2.81. The average molecular weight is 438 g/mol. The van der Waals surface area contributed by atoms with Crippen LogP contribution in [0.4, 0.5) is 17.6 Å². The Morgan fingerprint density at radius 2 is 1.87 bits per heavy atom. The first-order chi connectivity index (χ1) is 14.7. The predicted octanol–water partition coefficient (Wildman–Crippen LogP) is 3.88. The summed E-state index contributed by atoms with van der Waals surface area (Å²) in [5.41, 5.74) is 0.707. The van der Waals surface area contributed by atoms with Crippen molar-refractivity contribution in [3.05, 3.63) is 65.0 Å². The highest BCUT2D eigenvalue weighted by Gasteiger charge is 2.30. The van der Waals surface area contributed by atoms with Crippen molar-refractivity contribution in [2.75, 3.05) is 20.1 Å². The molecule has 0 aliphatic carbocycles. The topological polar surface area (TPSA) is 59.9 Å². The fourth-order valence-electron chi connectivity index (χ4n) is 3.57. The van der Waals surface area contributed by atoms with Gasteiger partial charge in [-0.1, -0.05) is 24.3 Å². The van der Waals surface area contributed by atoms with Crippen LogP contribution in [0.3, 0.4) is 0 Å². The number of guanidine groups is 1. The number of phenolic OH excluding ortho intramolecular Hbond substituents is 1. The molecule has 0 amide bonds. The lowest BCUT2D eigenvalue weighted by Gasteiger charge is -2.33. The van der Waals surface area contributed by atoms with Gasteiger partial charge in [0.1, 0.15) is 0 Å².